The zero-order chi connectivity index (χ0) is 13.1. The maximum Gasteiger partial charge on any atom is 0.0472 e. The van der Waals surface area contributed by atoms with Gasteiger partial charge in [0.05, 0.1) is 0 Å². The average Bonchev–Trinajstić information content (AvgIpc) is 2.76. The minimum Gasteiger partial charge on any atom is -0.381 e. The Hall–Kier alpha value is 0.230. The van der Waals surface area contributed by atoms with Gasteiger partial charge in [-0.05, 0) is 44.4 Å². The lowest BCUT2D eigenvalue weighted by Gasteiger charge is -2.53. The van der Waals surface area contributed by atoms with E-state index < -0.39 is 0 Å². The van der Waals surface area contributed by atoms with Crippen molar-refractivity contribution in [3.63, 3.8) is 0 Å². The minimum absolute atomic E-state index is 0.229. The second kappa shape index (κ2) is 6.12. The summed E-state index contributed by atoms with van der Waals surface area (Å²) in [5.74, 6) is 1.20. The van der Waals surface area contributed by atoms with Crippen molar-refractivity contribution in [2.45, 2.75) is 37.6 Å². The number of ether oxygens (including phenoxy) is 1. The van der Waals surface area contributed by atoms with Crippen LogP contribution in [-0.4, -0.2) is 55.8 Å². The predicted molar refractivity (Wildman–Crippen MR) is 79.1 cm³/mol. The SMILES string of the molecule is CSCCN(C)C1(CN)CCCC12CCOCC2. The summed E-state index contributed by atoms with van der Waals surface area (Å²) in [6.45, 7) is 3.81. The van der Waals surface area contributed by atoms with E-state index in [1.807, 2.05) is 11.8 Å². The van der Waals surface area contributed by atoms with Crippen molar-refractivity contribution in [2.75, 3.05) is 45.4 Å². The topological polar surface area (TPSA) is 38.5 Å². The van der Waals surface area contributed by atoms with Crippen molar-refractivity contribution >= 4 is 11.8 Å². The van der Waals surface area contributed by atoms with E-state index in [-0.39, 0.29) is 5.54 Å². The molecule has 0 radical (unpaired) electrons. The van der Waals surface area contributed by atoms with Crippen molar-refractivity contribution < 1.29 is 4.74 Å². The summed E-state index contributed by atoms with van der Waals surface area (Å²) in [6.07, 6.45) is 8.54. The lowest BCUT2D eigenvalue weighted by Crippen LogP contribution is -2.62. The highest BCUT2D eigenvalue weighted by Gasteiger charge is 2.55. The van der Waals surface area contributed by atoms with E-state index in [0.717, 1.165) is 26.3 Å². The molecule has 106 valence electrons. The first-order chi connectivity index (χ1) is 8.71. The fourth-order valence-corrected chi connectivity index (χ4v) is 4.66. The van der Waals surface area contributed by atoms with E-state index in [0.29, 0.717) is 5.41 Å². The molecule has 1 atom stereocenters. The van der Waals surface area contributed by atoms with Crippen LogP contribution in [0.2, 0.25) is 0 Å². The second-order valence-corrected chi connectivity index (χ2v) is 6.88. The predicted octanol–water partition coefficient (Wildman–Crippen LogP) is 1.96. The van der Waals surface area contributed by atoms with Gasteiger partial charge in [-0.2, -0.15) is 11.8 Å². The fraction of sp³-hybridized carbons (Fsp3) is 1.00. The van der Waals surface area contributed by atoms with Crippen LogP contribution in [0.15, 0.2) is 0 Å². The molecular formula is C14H28N2OS. The Labute approximate surface area is 116 Å². The number of thioether (sulfide) groups is 1. The van der Waals surface area contributed by atoms with E-state index in [9.17, 15) is 0 Å². The van der Waals surface area contributed by atoms with Crippen LogP contribution in [0.4, 0.5) is 0 Å². The summed E-state index contributed by atoms with van der Waals surface area (Å²) in [6, 6.07) is 0. The lowest BCUT2D eigenvalue weighted by molar-refractivity contribution is -0.0658. The first kappa shape index (κ1) is 14.6. The van der Waals surface area contributed by atoms with E-state index in [2.05, 4.69) is 18.2 Å². The Morgan fingerprint density at radius 2 is 1.94 bits per heavy atom. The number of rotatable bonds is 5. The molecule has 1 saturated carbocycles. The Bertz CT molecular complexity index is 269. The van der Waals surface area contributed by atoms with E-state index in [1.54, 1.807) is 0 Å². The summed E-state index contributed by atoms with van der Waals surface area (Å²) >= 11 is 1.93. The van der Waals surface area contributed by atoms with Crippen LogP contribution in [0.1, 0.15) is 32.1 Å². The molecule has 1 unspecified atom stereocenters. The zero-order valence-corrected chi connectivity index (χ0v) is 12.7. The monoisotopic (exact) mass is 272 g/mol. The van der Waals surface area contributed by atoms with Crippen LogP contribution in [0.3, 0.4) is 0 Å². The van der Waals surface area contributed by atoms with Gasteiger partial charge in [0.1, 0.15) is 0 Å². The molecular weight excluding hydrogens is 244 g/mol. The lowest BCUT2D eigenvalue weighted by atomic mass is 9.66. The third kappa shape index (κ3) is 2.33. The zero-order valence-electron chi connectivity index (χ0n) is 11.9. The summed E-state index contributed by atoms with van der Waals surface area (Å²) in [4.78, 5) is 2.57. The molecule has 1 aliphatic carbocycles. The molecule has 2 fully saturated rings. The van der Waals surface area contributed by atoms with Gasteiger partial charge in [0.25, 0.3) is 0 Å². The molecule has 0 aromatic carbocycles. The highest BCUT2D eigenvalue weighted by molar-refractivity contribution is 7.98. The molecule has 18 heavy (non-hydrogen) atoms. The van der Waals surface area contributed by atoms with Crippen molar-refractivity contribution in [3.05, 3.63) is 0 Å². The third-order valence-corrected chi connectivity index (χ3v) is 5.97. The molecule has 1 spiro atoms. The molecule has 0 aromatic heterocycles. The first-order valence-electron chi connectivity index (χ1n) is 7.19. The smallest absolute Gasteiger partial charge is 0.0472 e. The largest absolute Gasteiger partial charge is 0.381 e. The normalized spacial score (nSPS) is 31.3. The van der Waals surface area contributed by atoms with Gasteiger partial charge in [0.15, 0.2) is 0 Å². The van der Waals surface area contributed by atoms with Crippen LogP contribution in [0, 0.1) is 5.41 Å². The van der Waals surface area contributed by atoms with Gasteiger partial charge >= 0.3 is 0 Å². The molecule has 1 aliphatic heterocycles. The molecule has 2 N–H and O–H groups in total. The number of hydrogen-bond acceptors (Lipinski definition) is 4. The molecule has 3 nitrogen and oxygen atoms in total. The van der Waals surface area contributed by atoms with Crippen LogP contribution >= 0.6 is 11.8 Å². The van der Waals surface area contributed by atoms with Gasteiger partial charge in [-0.15, -0.1) is 0 Å². The quantitative estimate of drug-likeness (QED) is 0.830. The maximum atomic E-state index is 6.26. The molecule has 0 amide bonds. The molecule has 1 saturated heterocycles. The van der Waals surface area contributed by atoms with Gasteiger partial charge in [0.2, 0.25) is 0 Å². The van der Waals surface area contributed by atoms with Crippen molar-refractivity contribution in [1.29, 1.82) is 0 Å². The first-order valence-corrected chi connectivity index (χ1v) is 8.58. The standard InChI is InChI=1S/C14H28N2OS/c1-16(8-11-18-2)14(12-15)5-3-4-13(14)6-9-17-10-7-13/h3-12,15H2,1-2H3. The van der Waals surface area contributed by atoms with Crippen molar-refractivity contribution in [1.82, 2.24) is 4.90 Å². The highest BCUT2D eigenvalue weighted by Crippen LogP contribution is 2.54. The Morgan fingerprint density at radius 1 is 1.22 bits per heavy atom. The maximum absolute atomic E-state index is 6.26. The molecule has 2 aliphatic rings. The Kier molecular flexibility index (Phi) is 4.98. The fourth-order valence-electron chi connectivity index (χ4n) is 4.21. The van der Waals surface area contributed by atoms with Crippen molar-refractivity contribution in [2.24, 2.45) is 11.1 Å². The highest BCUT2D eigenvalue weighted by atomic mass is 32.2. The van der Waals surface area contributed by atoms with Gasteiger partial charge in [0, 0.05) is 37.6 Å². The van der Waals surface area contributed by atoms with Crippen LogP contribution in [0.5, 0.6) is 0 Å². The van der Waals surface area contributed by atoms with E-state index in [1.165, 1.54) is 37.9 Å². The number of nitrogens with two attached hydrogens (primary N) is 1. The molecule has 0 aromatic rings. The Morgan fingerprint density at radius 3 is 2.56 bits per heavy atom. The van der Waals surface area contributed by atoms with E-state index >= 15 is 0 Å². The summed E-state index contributed by atoms with van der Waals surface area (Å²) < 4.78 is 5.59. The minimum atomic E-state index is 0.229. The Balaban J connectivity index is 2.17. The molecule has 2 rings (SSSR count). The molecule has 4 heteroatoms. The van der Waals surface area contributed by atoms with E-state index in [4.69, 9.17) is 10.5 Å². The summed E-state index contributed by atoms with van der Waals surface area (Å²) in [7, 11) is 2.28. The average molecular weight is 272 g/mol. The van der Waals surface area contributed by atoms with Gasteiger partial charge in [-0.1, -0.05) is 6.42 Å². The number of hydrogen-bond donors (Lipinski definition) is 1. The number of nitrogens with zero attached hydrogens (tertiary/aromatic N) is 1. The number of likely N-dealkylation sites (N-methyl/N-ethyl adjacent to an activating group) is 1. The van der Waals surface area contributed by atoms with Crippen LogP contribution in [0.25, 0.3) is 0 Å². The van der Waals surface area contributed by atoms with Gasteiger partial charge < -0.3 is 10.5 Å². The second-order valence-electron chi connectivity index (χ2n) is 5.90. The van der Waals surface area contributed by atoms with Crippen LogP contribution < -0.4 is 5.73 Å². The molecule has 1 heterocycles. The van der Waals surface area contributed by atoms with Crippen molar-refractivity contribution in [3.8, 4) is 0 Å². The molecule has 0 bridgehead atoms. The third-order valence-electron chi connectivity index (χ3n) is 5.38. The van der Waals surface area contributed by atoms with Gasteiger partial charge in [-0.25, -0.2) is 0 Å². The summed E-state index contributed by atoms with van der Waals surface area (Å²) in [5, 5.41) is 0. The summed E-state index contributed by atoms with van der Waals surface area (Å²) in [5.41, 5.74) is 6.91. The van der Waals surface area contributed by atoms with Gasteiger partial charge in [-0.3, -0.25) is 4.90 Å². The van der Waals surface area contributed by atoms with Crippen LogP contribution in [-0.2, 0) is 4.74 Å².